The van der Waals surface area contributed by atoms with Crippen LogP contribution in [-0.2, 0) is 9.05 Å². The van der Waals surface area contributed by atoms with Gasteiger partial charge in [-0.2, -0.15) is 35.1 Å². The van der Waals surface area contributed by atoms with Crippen LogP contribution in [0, 0.1) is 11.6 Å². The molecule has 15 heteroatoms. The standard InChI is InChI=1S/C16H7ClF10O2S2/c17-31(28,29)16(26,27)14(22,23)13(20,21)15(24,25)30-12-10(18)6-9(7-11(12)19)8-4-2-1-3-5-8/h1-7H. The average Bonchev–Trinajstić information content (AvgIpc) is 2.63. The molecule has 2 aromatic rings. The number of benzene rings is 2. The Kier molecular flexibility index (Phi) is 6.63. The van der Waals surface area contributed by atoms with E-state index < -0.39 is 59.7 Å². The normalized spacial score (nSPS) is 14.0. The summed E-state index contributed by atoms with van der Waals surface area (Å²) in [6.45, 7) is 0. The third-order valence-electron chi connectivity index (χ3n) is 3.77. The molecule has 0 aliphatic heterocycles. The van der Waals surface area contributed by atoms with Crippen LogP contribution in [0.1, 0.15) is 0 Å². The fourth-order valence-electron chi connectivity index (χ4n) is 2.17. The molecule has 0 saturated heterocycles. The van der Waals surface area contributed by atoms with Crippen LogP contribution >= 0.6 is 22.4 Å². The molecule has 0 aromatic heterocycles. The van der Waals surface area contributed by atoms with Gasteiger partial charge in [-0.25, -0.2) is 17.2 Å². The largest absolute Gasteiger partial charge is 0.427 e. The van der Waals surface area contributed by atoms with E-state index in [0.717, 1.165) is 0 Å². The van der Waals surface area contributed by atoms with E-state index in [0.29, 0.717) is 12.1 Å². The molecule has 31 heavy (non-hydrogen) atoms. The smallest absolute Gasteiger partial charge is 0.206 e. The van der Waals surface area contributed by atoms with Crippen LogP contribution in [0.5, 0.6) is 0 Å². The first-order chi connectivity index (χ1) is 13.9. The molecular formula is C16H7ClF10O2S2. The van der Waals surface area contributed by atoms with Gasteiger partial charge in [-0.05, 0) is 35.0 Å². The second-order valence-electron chi connectivity index (χ2n) is 5.86. The maximum atomic E-state index is 14.1. The zero-order chi connectivity index (χ0) is 24.0. The summed E-state index contributed by atoms with van der Waals surface area (Å²) in [6.07, 6.45) is 0. The van der Waals surface area contributed by atoms with Gasteiger partial charge in [0.15, 0.2) is 0 Å². The van der Waals surface area contributed by atoms with E-state index in [1.807, 2.05) is 0 Å². The molecule has 2 aromatic carbocycles. The second-order valence-corrected chi connectivity index (χ2v) is 9.59. The molecule has 0 heterocycles. The van der Waals surface area contributed by atoms with Crippen molar-refractivity contribution in [1.29, 1.82) is 0 Å². The van der Waals surface area contributed by atoms with E-state index in [1.165, 1.54) is 30.3 Å². The molecule has 0 aliphatic carbocycles. The van der Waals surface area contributed by atoms with Gasteiger partial charge in [0, 0.05) is 10.7 Å². The highest BCUT2D eigenvalue weighted by Gasteiger charge is 2.84. The number of hydrogen-bond acceptors (Lipinski definition) is 3. The van der Waals surface area contributed by atoms with Crippen LogP contribution in [-0.4, -0.2) is 30.8 Å². The minimum Gasteiger partial charge on any atom is -0.206 e. The van der Waals surface area contributed by atoms with E-state index >= 15 is 0 Å². The van der Waals surface area contributed by atoms with Gasteiger partial charge in [0.05, 0.1) is 4.90 Å². The summed E-state index contributed by atoms with van der Waals surface area (Å²) in [4.78, 5) is -1.89. The summed E-state index contributed by atoms with van der Waals surface area (Å²) < 4.78 is 158. The number of thioether (sulfide) groups is 1. The molecule has 0 N–H and O–H groups in total. The van der Waals surface area contributed by atoms with Crippen molar-refractivity contribution in [2.24, 2.45) is 0 Å². The highest BCUT2D eigenvalue weighted by molar-refractivity contribution is 8.14. The van der Waals surface area contributed by atoms with E-state index in [9.17, 15) is 52.3 Å². The Morgan fingerprint density at radius 3 is 1.61 bits per heavy atom. The highest BCUT2D eigenvalue weighted by Crippen LogP contribution is 2.59. The van der Waals surface area contributed by atoms with Crippen molar-refractivity contribution < 1.29 is 52.3 Å². The quantitative estimate of drug-likeness (QED) is 0.230. The van der Waals surface area contributed by atoms with Crippen LogP contribution in [0.15, 0.2) is 47.4 Å². The van der Waals surface area contributed by atoms with Gasteiger partial charge >= 0.3 is 31.4 Å². The molecular weight excluding hydrogens is 514 g/mol. The van der Waals surface area contributed by atoms with Gasteiger partial charge in [0.1, 0.15) is 11.6 Å². The predicted octanol–water partition coefficient (Wildman–Crippen LogP) is 6.75. The van der Waals surface area contributed by atoms with Gasteiger partial charge in [-0.3, -0.25) is 0 Å². The Morgan fingerprint density at radius 2 is 1.19 bits per heavy atom. The molecule has 172 valence electrons. The van der Waals surface area contributed by atoms with Crippen molar-refractivity contribution in [1.82, 2.24) is 0 Å². The van der Waals surface area contributed by atoms with Crippen LogP contribution in [0.4, 0.5) is 43.9 Å². The Labute approximate surface area is 176 Å². The maximum Gasteiger partial charge on any atom is 0.427 e. The summed E-state index contributed by atoms with van der Waals surface area (Å²) in [7, 11) is -2.82. The van der Waals surface area contributed by atoms with E-state index in [-0.39, 0.29) is 11.1 Å². The molecule has 0 unspecified atom stereocenters. The molecule has 0 atom stereocenters. The van der Waals surface area contributed by atoms with Crippen molar-refractivity contribution in [3.8, 4) is 11.1 Å². The summed E-state index contributed by atoms with van der Waals surface area (Å²) in [6, 6.07) is 7.94. The summed E-state index contributed by atoms with van der Waals surface area (Å²) in [5.41, 5.74) is -0.0624. The van der Waals surface area contributed by atoms with Crippen molar-refractivity contribution in [2.75, 3.05) is 0 Å². The number of alkyl halides is 8. The van der Waals surface area contributed by atoms with Crippen molar-refractivity contribution in [3.05, 3.63) is 54.1 Å². The summed E-state index contributed by atoms with van der Waals surface area (Å²) in [5.74, 6) is -18.2. The van der Waals surface area contributed by atoms with Gasteiger partial charge in [-0.15, -0.1) is 0 Å². The highest BCUT2D eigenvalue weighted by atomic mass is 35.7. The number of halogens is 11. The second kappa shape index (κ2) is 8.03. The average molecular weight is 521 g/mol. The molecule has 0 bridgehead atoms. The van der Waals surface area contributed by atoms with Crippen molar-refractivity contribution in [2.45, 2.75) is 27.2 Å². The van der Waals surface area contributed by atoms with E-state index in [4.69, 9.17) is 0 Å². The van der Waals surface area contributed by atoms with E-state index in [2.05, 4.69) is 10.7 Å². The minimum absolute atomic E-state index is 0.174. The van der Waals surface area contributed by atoms with Crippen LogP contribution < -0.4 is 0 Å². The molecule has 0 fully saturated rings. The van der Waals surface area contributed by atoms with Crippen LogP contribution in [0.2, 0.25) is 0 Å². The Hall–Kier alpha value is -1.67. The van der Waals surface area contributed by atoms with Crippen LogP contribution in [0.3, 0.4) is 0 Å². The number of hydrogen-bond donors (Lipinski definition) is 0. The first kappa shape index (κ1) is 25.6. The summed E-state index contributed by atoms with van der Waals surface area (Å²) >= 11 is -1.82. The van der Waals surface area contributed by atoms with Crippen molar-refractivity contribution >= 4 is 31.5 Å². The Balaban J connectivity index is 2.50. The molecule has 0 aliphatic rings. The topological polar surface area (TPSA) is 34.1 Å². The molecule has 0 saturated carbocycles. The van der Waals surface area contributed by atoms with E-state index in [1.54, 1.807) is 0 Å². The molecule has 2 rings (SSSR count). The number of rotatable bonds is 7. The lowest BCUT2D eigenvalue weighted by Gasteiger charge is -2.34. The zero-order valence-corrected chi connectivity index (χ0v) is 16.7. The summed E-state index contributed by atoms with van der Waals surface area (Å²) in [5, 5.41) is -13.2. The van der Waals surface area contributed by atoms with Gasteiger partial charge in [0.25, 0.3) is 0 Å². The third kappa shape index (κ3) is 4.33. The Morgan fingerprint density at radius 1 is 0.742 bits per heavy atom. The fourth-order valence-corrected chi connectivity index (χ4v) is 3.72. The van der Waals surface area contributed by atoms with Crippen molar-refractivity contribution in [3.63, 3.8) is 0 Å². The molecule has 0 spiro atoms. The lowest BCUT2D eigenvalue weighted by molar-refractivity contribution is -0.323. The SMILES string of the molecule is O=S(=O)(Cl)C(F)(F)C(F)(F)C(F)(F)C(F)(F)Sc1c(F)cc(-c2ccccc2)cc1F. The first-order valence-electron chi connectivity index (χ1n) is 7.56. The Bertz CT molecular complexity index is 1050. The minimum atomic E-state index is -7.26. The zero-order valence-electron chi connectivity index (χ0n) is 14.3. The maximum absolute atomic E-state index is 14.1. The predicted molar refractivity (Wildman–Crippen MR) is 92.2 cm³/mol. The van der Waals surface area contributed by atoms with Gasteiger partial charge in [0.2, 0.25) is 0 Å². The lowest BCUT2D eigenvalue weighted by Crippen LogP contribution is -2.62. The third-order valence-corrected chi connectivity index (χ3v) is 6.32. The lowest BCUT2D eigenvalue weighted by atomic mass is 10.1. The molecule has 0 amide bonds. The fraction of sp³-hybridized carbons (Fsp3) is 0.250. The monoisotopic (exact) mass is 520 g/mol. The first-order valence-corrected chi connectivity index (χ1v) is 10.7. The molecule has 0 radical (unpaired) electrons. The van der Waals surface area contributed by atoms with Crippen LogP contribution in [0.25, 0.3) is 11.1 Å². The molecule has 2 nitrogen and oxygen atoms in total. The van der Waals surface area contributed by atoms with Gasteiger partial charge in [-0.1, -0.05) is 30.3 Å². The van der Waals surface area contributed by atoms with Gasteiger partial charge < -0.3 is 0 Å².